The van der Waals surface area contributed by atoms with Gasteiger partial charge in [-0.05, 0) is 42.5 Å². The van der Waals surface area contributed by atoms with Crippen LogP contribution < -0.4 is 4.90 Å². The molecule has 0 aromatic heterocycles. The molecule has 0 atom stereocenters. The molecule has 3 rings (SSSR count). The molecule has 1 aliphatic rings. The zero-order chi connectivity index (χ0) is 19.6. The highest BCUT2D eigenvalue weighted by molar-refractivity contribution is 6.37. The molecule has 0 aliphatic carbocycles. The summed E-state index contributed by atoms with van der Waals surface area (Å²) in [6.45, 7) is -0.491. The number of carbonyl (C=O) groups excluding carboxylic acids is 4. The lowest BCUT2D eigenvalue weighted by Crippen LogP contribution is -2.29. The number of nitrogens with zero attached hydrogens (tertiary/aromatic N) is 1. The number of hydrogen-bond acceptors (Lipinski definition) is 5. The molecule has 0 fully saturated rings. The number of anilines is 1. The largest absolute Gasteiger partial charge is 0.454 e. The molecule has 0 bridgehead atoms. The van der Waals surface area contributed by atoms with Crippen LogP contribution >= 0.6 is 23.2 Å². The monoisotopic (exact) mass is 403 g/mol. The zero-order valence-corrected chi connectivity index (χ0v) is 15.2. The van der Waals surface area contributed by atoms with Crippen LogP contribution in [0.4, 0.5) is 5.69 Å². The quantitative estimate of drug-likeness (QED) is 0.433. The van der Waals surface area contributed by atoms with Crippen molar-refractivity contribution in [3.8, 4) is 0 Å². The zero-order valence-electron chi connectivity index (χ0n) is 13.6. The highest BCUT2D eigenvalue weighted by Gasteiger charge is 2.25. The number of amides is 2. The molecule has 6 nitrogen and oxygen atoms in total. The van der Waals surface area contributed by atoms with Gasteiger partial charge in [-0.3, -0.25) is 14.4 Å². The SMILES string of the molecule is O=C(OCC(=O)c1ccc(Cl)cc1Cl)c1ccc(N2C(=O)C=CC2=O)cc1. The van der Waals surface area contributed by atoms with E-state index >= 15 is 0 Å². The van der Waals surface area contributed by atoms with Crippen molar-refractivity contribution in [2.75, 3.05) is 11.5 Å². The van der Waals surface area contributed by atoms with E-state index in [1.807, 2.05) is 0 Å². The minimum absolute atomic E-state index is 0.167. The fraction of sp³-hybridized carbons (Fsp3) is 0.0526. The van der Waals surface area contributed by atoms with E-state index in [0.717, 1.165) is 17.1 Å². The second kappa shape index (κ2) is 7.73. The molecule has 27 heavy (non-hydrogen) atoms. The first kappa shape index (κ1) is 18.8. The third kappa shape index (κ3) is 4.07. The standard InChI is InChI=1S/C19H11Cl2NO5/c20-12-3-6-14(15(21)9-12)16(23)10-27-19(26)11-1-4-13(5-2-11)22-17(24)7-8-18(22)25/h1-9H,10H2. The normalized spacial score (nSPS) is 13.2. The van der Waals surface area contributed by atoms with E-state index in [1.165, 1.54) is 42.5 Å². The first-order valence-electron chi connectivity index (χ1n) is 7.68. The Kier molecular flexibility index (Phi) is 5.39. The van der Waals surface area contributed by atoms with E-state index in [4.69, 9.17) is 27.9 Å². The molecular weight excluding hydrogens is 393 g/mol. The maximum Gasteiger partial charge on any atom is 0.338 e. The van der Waals surface area contributed by atoms with Crippen LogP contribution in [0.25, 0.3) is 0 Å². The lowest BCUT2D eigenvalue weighted by Gasteiger charge is -2.14. The summed E-state index contributed by atoms with van der Waals surface area (Å²) in [6.07, 6.45) is 2.33. The van der Waals surface area contributed by atoms with Gasteiger partial charge in [0.05, 0.1) is 16.3 Å². The van der Waals surface area contributed by atoms with Crippen LogP contribution in [0.3, 0.4) is 0 Å². The van der Waals surface area contributed by atoms with Crippen LogP contribution in [0.5, 0.6) is 0 Å². The van der Waals surface area contributed by atoms with E-state index in [2.05, 4.69) is 0 Å². The van der Waals surface area contributed by atoms with Gasteiger partial charge in [0.1, 0.15) is 0 Å². The summed E-state index contributed by atoms with van der Waals surface area (Å²) in [7, 11) is 0. The Balaban J connectivity index is 1.64. The maximum atomic E-state index is 12.1. The summed E-state index contributed by atoms with van der Waals surface area (Å²) in [4.78, 5) is 48.5. The minimum atomic E-state index is -0.725. The van der Waals surface area contributed by atoms with Crippen LogP contribution in [-0.2, 0) is 14.3 Å². The predicted molar refractivity (Wildman–Crippen MR) is 99.2 cm³/mol. The van der Waals surface area contributed by atoms with Gasteiger partial charge >= 0.3 is 5.97 Å². The molecule has 0 radical (unpaired) electrons. The lowest BCUT2D eigenvalue weighted by molar-refractivity contribution is -0.119. The number of imide groups is 1. The van der Waals surface area contributed by atoms with E-state index < -0.39 is 30.2 Å². The Morgan fingerprint density at radius 1 is 0.926 bits per heavy atom. The molecular formula is C19H11Cl2NO5. The van der Waals surface area contributed by atoms with E-state index in [0.29, 0.717) is 10.7 Å². The Morgan fingerprint density at radius 2 is 1.56 bits per heavy atom. The average Bonchev–Trinajstić information content (AvgIpc) is 2.98. The molecule has 0 unspecified atom stereocenters. The van der Waals surface area contributed by atoms with E-state index in [-0.39, 0.29) is 16.1 Å². The van der Waals surface area contributed by atoms with Crippen LogP contribution in [-0.4, -0.2) is 30.2 Å². The number of ether oxygens (including phenoxy) is 1. The summed E-state index contributed by atoms with van der Waals surface area (Å²) in [6, 6.07) is 10.1. The van der Waals surface area contributed by atoms with Gasteiger partial charge in [0.15, 0.2) is 6.61 Å². The Labute approximate surface area is 163 Å². The number of ketones is 1. The second-order valence-electron chi connectivity index (χ2n) is 5.52. The molecule has 1 heterocycles. The predicted octanol–water partition coefficient (Wildman–Crippen LogP) is 3.46. The molecule has 2 amide bonds. The molecule has 0 saturated carbocycles. The van der Waals surface area contributed by atoms with E-state index in [1.54, 1.807) is 0 Å². The Hall–Kier alpha value is -2.96. The number of rotatable bonds is 5. The Morgan fingerprint density at radius 3 is 2.15 bits per heavy atom. The molecule has 0 N–H and O–H groups in total. The molecule has 2 aromatic carbocycles. The summed E-state index contributed by atoms with van der Waals surface area (Å²) in [5.74, 6) is -2.11. The van der Waals surface area contributed by atoms with Gasteiger partial charge < -0.3 is 4.74 Å². The smallest absolute Gasteiger partial charge is 0.338 e. The maximum absolute atomic E-state index is 12.1. The van der Waals surface area contributed by atoms with Gasteiger partial charge in [-0.25, -0.2) is 9.69 Å². The third-order valence-electron chi connectivity index (χ3n) is 3.74. The van der Waals surface area contributed by atoms with Crippen molar-refractivity contribution in [3.63, 3.8) is 0 Å². The molecule has 0 saturated heterocycles. The summed E-state index contributed by atoms with van der Waals surface area (Å²) < 4.78 is 5.00. The highest BCUT2D eigenvalue weighted by Crippen LogP contribution is 2.22. The molecule has 0 spiro atoms. The first-order valence-corrected chi connectivity index (χ1v) is 8.44. The van der Waals surface area contributed by atoms with Crippen molar-refractivity contribution in [2.24, 2.45) is 0 Å². The van der Waals surface area contributed by atoms with Crippen LogP contribution in [0.15, 0.2) is 54.6 Å². The number of Topliss-reactive ketones (excluding diaryl/α,β-unsaturated/α-hetero) is 1. The molecule has 8 heteroatoms. The average molecular weight is 404 g/mol. The van der Waals surface area contributed by atoms with Crippen molar-refractivity contribution in [1.29, 1.82) is 0 Å². The first-order chi connectivity index (χ1) is 12.9. The molecule has 1 aliphatic heterocycles. The van der Waals surface area contributed by atoms with Gasteiger partial charge in [0.2, 0.25) is 5.78 Å². The topological polar surface area (TPSA) is 80.8 Å². The second-order valence-corrected chi connectivity index (χ2v) is 6.36. The van der Waals surface area contributed by atoms with Gasteiger partial charge in [-0.1, -0.05) is 23.2 Å². The van der Waals surface area contributed by atoms with E-state index in [9.17, 15) is 19.2 Å². The van der Waals surface area contributed by atoms with Crippen molar-refractivity contribution >= 4 is 52.5 Å². The summed E-state index contributed by atoms with van der Waals surface area (Å²) in [5, 5.41) is 0.556. The highest BCUT2D eigenvalue weighted by atomic mass is 35.5. The lowest BCUT2D eigenvalue weighted by atomic mass is 10.1. The number of carbonyl (C=O) groups is 4. The fourth-order valence-corrected chi connectivity index (χ4v) is 2.92. The number of halogens is 2. The van der Waals surface area contributed by atoms with Crippen LogP contribution in [0.1, 0.15) is 20.7 Å². The van der Waals surface area contributed by atoms with Gasteiger partial charge in [0.25, 0.3) is 11.8 Å². The van der Waals surface area contributed by atoms with Gasteiger partial charge in [0, 0.05) is 22.7 Å². The van der Waals surface area contributed by atoms with Crippen LogP contribution in [0, 0.1) is 0 Å². The number of benzene rings is 2. The number of esters is 1. The summed E-state index contributed by atoms with van der Waals surface area (Å²) in [5.41, 5.74) is 0.694. The van der Waals surface area contributed by atoms with Crippen molar-refractivity contribution in [1.82, 2.24) is 0 Å². The molecule has 136 valence electrons. The third-order valence-corrected chi connectivity index (χ3v) is 4.28. The van der Waals surface area contributed by atoms with Gasteiger partial charge in [-0.2, -0.15) is 0 Å². The minimum Gasteiger partial charge on any atom is -0.454 e. The van der Waals surface area contributed by atoms with Crippen molar-refractivity contribution in [3.05, 3.63) is 75.8 Å². The van der Waals surface area contributed by atoms with Crippen LogP contribution in [0.2, 0.25) is 10.0 Å². The summed E-state index contributed by atoms with van der Waals surface area (Å²) >= 11 is 11.7. The molecule has 2 aromatic rings. The fourth-order valence-electron chi connectivity index (χ4n) is 2.41. The van der Waals surface area contributed by atoms with Crippen molar-refractivity contribution in [2.45, 2.75) is 0 Å². The Bertz CT molecular complexity index is 964. The van der Waals surface area contributed by atoms with Gasteiger partial charge in [-0.15, -0.1) is 0 Å². The number of hydrogen-bond donors (Lipinski definition) is 0. The van der Waals surface area contributed by atoms with Crippen molar-refractivity contribution < 1.29 is 23.9 Å².